The molecule has 0 saturated carbocycles. The largest absolute Gasteiger partial charge is 0.462 e. The van der Waals surface area contributed by atoms with Gasteiger partial charge in [-0.3, -0.25) is 4.79 Å². The van der Waals surface area contributed by atoms with Crippen molar-refractivity contribution in [2.24, 2.45) is 28.8 Å². The fourth-order valence-corrected chi connectivity index (χ4v) is 7.94. The maximum atomic E-state index is 14.2. The van der Waals surface area contributed by atoms with Crippen molar-refractivity contribution in [2.75, 3.05) is 13.7 Å². The summed E-state index contributed by atoms with van der Waals surface area (Å²) < 4.78 is 26.0. The lowest BCUT2D eigenvalue weighted by Crippen LogP contribution is -2.59. The Kier molecular flexibility index (Phi) is 10.5. The molecule has 0 aromatic rings. The quantitative estimate of drug-likeness (QED) is 0.229. The molecular weight excluding hydrogens is 586 g/mol. The zero-order valence-corrected chi connectivity index (χ0v) is 28.7. The number of nitrogens with zero attached hydrogens (tertiary/aromatic N) is 1. The average molecular weight is 640 g/mol. The van der Waals surface area contributed by atoms with Crippen LogP contribution < -0.4 is 0 Å². The minimum absolute atomic E-state index is 0.0340. The molecule has 1 aliphatic carbocycles. The number of allylic oxidation sites excluding steroid dienone is 5. The molecule has 4 heterocycles. The smallest absolute Gasteiger partial charge is 0.316 e. The van der Waals surface area contributed by atoms with E-state index in [2.05, 4.69) is 64.9 Å². The van der Waals surface area contributed by atoms with Gasteiger partial charge in [0, 0.05) is 25.2 Å². The molecule has 5 rings (SSSR count). The van der Waals surface area contributed by atoms with Crippen molar-refractivity contribution >= 4 is 11.7 Å². The maximum Gasteiger partial charge on any atom is 0.316 e. The van der Waals surface area contributed by atoms with E-state index in [0.29, 0.717) is 42.7 Å². The van der Waals surface area contributed by atoms with E-state index >= 15 is 0 Å². The molecule has 9 heteroatoms. The number of hydrogen-bond donors (Lipinski definition) is 2. The standard InChI is InChI=1S/C37H53NO8/c1-21(2)14-25(6)33-26(7)31(38-42-8)19-36(46-33)18-29-17-28(45-36)13-12-23(4)15-22(3)10-9-11-27-20-43-34-32(39)24(5)16-30(35(40)44-29)37(27,34)41/h9-12,14,16,21-22,26,28-30,32-34,39,41H,13,15,17-20H2,1-8H3/b10-9?,23-12?,25-14-,27-11?,38-31?/t22-,26-,28+,29-,30-,32+,33+,34+,36-,37+/m0/s1. The Labute approximate surface area is 274 Å². The molecule has 3 saturated heterocycles. The number of carbonyl (C=O) groups is 1. The van der Waals surface area contributed by atoms with Crippen LogP contribution in [0.5, 0.6) is 0 Å². The van der Waals surface area contributed by atoms with E-state index in [0.717, 1.165) is 17.7 Å². The van der Waals surface area contributed by atoms with Crippen molar-refractivity contribution in [3.05, 3.63) is 58.7 Å². The van der Waals surface area contributed by atoms with Gasteiger partial charge in [0.15, 0.2) is 5.79 Å². The fourth-order valence-electron chi connectivity index (χ4n) is 7.94. The molecule has 2 N–H and O–H groups in total. The number of esters is 1. The highest BCUT2D eigenvalue weighted by Crippen LogP contribution is 2.47. The van der Waals surface area contributed by atoms with Gasteiger partial charge in [-0.05, 0) is 62.2 Å². The van der Waals surface area contributed by atoms with Crippen LogP contribution in [0.4, 0.5) is 0 Å². The molecular formula is C37H53NO8. The highest BCUT2D eigenvalue weighted by Gasteiger charge is 2.60. The van der Waals surface area contributed by atoms with Gasteiger partial charge in [-0.1, -0.05) is 74.9 Å². The number of rotatable bonds is 3. The molecule has 46 heavy (non-hydrogen) atoms. The first-order valence-electron chi connectivity index (χ1n) is 16.8. The summed E-state index contributed by atoms with van der Waals surface area (Å²) in [6, 6.07) is 0. The average Bonchev–Trinajstić information content (AvgIpc) is 3.31. The van der Waals surface area contributed by atoms with Crippen molar-refractivity contribution in [1.29, 1.82) is 0 Å². The zero-order chi connectivity index (χ0) is 33.4. The Bertz CT molecular complexity index is 1340. The predicted octanol–water partition coefficient (Wildman–Crippen LogP) is 5.73. The second-order valence-electron chi connectivity index (χ2n) is 14.5. The molecule has 5 aliphatic rings. The molecule has 0 aromatic heterocycles. The van der Waals surface area contributed by atoms with Crippen LogP contribution in [0.1, 0.15) is 80.6 Å². The number of hydrogen-bond acceptors (Lipinski definition) is 9. The summed E-state index contributed by atoms with van der Waals surface area (Å²) in [6.07, 6.45) is 11.4. The summed E-state index contributed by atoms with van der Waals surface area (Å²) in [5.74, 6) is -2.15. The van der Waals surface area contributed by atoms with Crippen LogP contribution in [0, 0.1) is 23.7 Å². The molecule has 0 aromatic carbocycles. The number of oxime groups is 1. The van der Waals surface area contributed by atoms with Crippen LogP contribution in [0.2, 0.25) is 0 Å². The predicted molar refractivity (Wildman–Crippen MR) is 176 cm³/mol. The highest BCUT2D eigenvalue weighted by atomic mass is 16.7. The first-order valence-corrected chi connectivity index (χ1v) is 16.8. The SMILES string of the molecule is CON=C1C[C@]2(C[C@@H]3C[C@@H](CC=C(C)C[C@@H](C)C=CC=C4CO[C@@H]5[C@H](O)C(C)=C[C@@H](C(=O)O3)[C@]45O)O2)O[C@H](/C(C)=C\C(C)C)[C@H]1C. The topological polar surface area (TPSA) is 116 Å². The Morgan fingerprint density at radius 3 is 2.67 bits per heavy atom. The molecule has 0 amide bonds. The van der Waals surface area contributed by atoms with Gasteiger partial charge in [-0.15, -0.1) is 0 Å². The fraction of sp³-hybridized carbons (Fsp3) is 0.676. The molecule has 9 nitrogen and oxygen atoms in total. The van der Waals surface area contributed by atoms with Gasteiger partial charge >= 0.3 is 5.97 Å². The third kappa shape index (κ3) is 6.99. The Morgan fingerprint density at radius 1 is 1.20 bits per heavy atom. The minimum Gasteiger partial charge on any atom is -0.462 e. The van der Waals surface area contributed by atoms with Gasteiger partial charge in [0.25, 0.3) is 0 Å². The zero-order valence-electron chi connectivity index (χ0n) is 28.7. The van der Waals surface area contributed by atoms with Crippen LogP contribution in [-0.2, 0) is 28.6 Å². The molecule has 254 valence electrons. The van der Waals surface area contributed by atoms with E-state index in [1.54, 1.807) is 20.1 Å². The maximum absolute atomic E-state index is 14.2. The number of ether oxygens (including phenoxy) is 4. The number of fused-ring (bicyclic) bond motifs is 2. The van der Waals surface area contributed by atoms with E-state index in [9.17, 15) is 15.0 Å². The Hall–Kier alpha value is -2.56. The van der Waals surface area contributed by atoms with Crippen molar-refractivity contribution in [3.8, 4) is 0 Å². The van der Waals surface area contributed by atoms with Crippen LogP contribution in [-0.4, -0.2) is 77.5 Å². The molecule has 1 spiro atoms. The monoisotopic (exact) mass is 639 g/mol. The van der Waals surface area contributed by atoms with E-state index in [-0.39, 0.29) is 30.7 Å². The number of aliphatic hydroxyl groups is 2. The Balaban J connectivity index is 1.55. The second-order valence-corrected chi connectivity index (χ2v) is 14.5. The van der Waals surface area contributed by atoms with Crippen LogP contribution >= 0.6 is 0 Å². The summed E-state index contributed by atoms with van der Waals surface area (Å²) in [5, 5.41) is 27.6. The first kappa shape index (κ1) is 34.8. The van der Waals surface area contributed by atoms with E-state index < -0.39 is 41.6 Å². The van der Waals surface area contributed by atoms with Crippen molar-refractivity contribution in [2.45, 2.75) is 122 Å². The number of carbonyl (C=O) groups excluding carboxylic acids is 1. The summed E-state index contributed by atoms with van der Waals surface area (Å²) in [5.41, 5.74) is 2.54. The van der Waals surface area contributed by atoms with E-state index in [4.69, 9.17) is 23.8 Å². The molecule has 2 bridgehead atoms. The second kappa shape index (κ2) is 13.9. The molecule has 4 aliphatic heterocycles. The van der Waals surface area contributed by atoms with Crippen LogP contribution in [0.25, 0.3) is 0 Å². The lowest BCUT2D eigenvalue weighted by molar-refractivity contribution is -0.313. The van der Waals surface area contributed by atoms with Gasteiger partial charge in [-0.25, -0.2) is 0 Å². The van der Waals surface area contributed by atoms with Crippen LogP contribution in [0.3, 0.4) is 0 Å². The van der Waals surface area contributed by atoms with Crippen molar-refractivity contribution in [3.63, 3.8) is 0 Å². The molecule has 10 atom stereocenters. The van der Waals surface area contributed by atoms with Crippen molar-refractivity contribution in [1.82, 2.24) is 0 Å². The molecule has 0 unspecified atom stereocenters. The summed E-state index contributed by atoms with van der Waals surface area (Å²) in [6.45, 7) is 14.6. The summed E-state index contributed by atoms with van der Waals surface area (Å²) >= 11 is 0. The van der Waals surface area contributed by atoms with Crippen LogP contribution in [0.15, 0.2) is 63.9 Å². The lowest BCUT2D eigenvalue weighted by atomic mass is 9.71. The third-order valence-electron chi connectivity index (χ3n) is 10.1. The van der Waals surface area contributed by atoms with Crippen molar-refractivity contribution < 1.29 is 38.8 Å². The first-order chi connectivity index (χ1) is 21.8. The minimum atomic E-state index is -1.74. The van der Waals surface area contributed by atoms with Gasteiger partial charge < -0.3 is 34.0 Å². The van der Waals surface area contributed by atoms with E-state index in [1.165, 1.54) is 5.57 Å². The molecule has 0 radical (unpaired) electrons. The number of aliphatic hydroxyl groups excluding tert-OH is 1. The van der Waals surface area contributed by atoms with E-state index in [1.807, 2.05) is 12.2 Å². The Morgan fingerprint density at radius 2 is 1.96 bits per heavy atom. The normalized spacial score (nSPS) is 41.5. The molecule has 3 fully saturated rings. The van der Waals surface area contributed by atoms with Gasteiger partial charge in [0.2, 0.25) is 0 Å². The third-order valence-corrected chi connectivity index (χ3v) is 10.1. The van der Waals surface area contributed by atoms with Gasteiger partial charge in [-0.2, -0.15) is 0 Å². The highest BCUT2D eigenvalue weighted by molar-refractivity contribution is 5.88. The summed E-state index contributed by atoms with van der Waals surface area (Å²) in [4.78, 5) is 19.4. The summed E-state index contributed by atoms with van der Waals surface area (Å²) in [7, 11) is 1.55. The lowest BCUT2D eigenvalue weighted by Gasteiger charge is -2.50. The van der Waals surface area contributed by atoms with Gasteiger partial charge in [0.1, 0.15) is 36.9 Å². The van der Waals surface area contributed by atoms with Gasteiger partial charge in [0.05, 0.1) is 24.5 Å².